The third kappa shape index (κ3) is 3.37. The molecule has 29 heavy (non-hydrogen) atoms. The Hall–Kier alpha value is -3.22. The van der Waals surface area contributed by atoms with E-state index in [4.69, 9.17) is 4.42 Å². The molecule has 2 amide bonds. The number of pyridine rings is 1. The van der Waals surface area contributed by atoms with Crippen molar-refractivity contribution in [2.24, 2.45) is 17.8 Å². The van der Waals surface area contributed by atoms with Crippen LogP contribution in [0.2, 0.25) is 0 Å². The number of nitrogens with zero attached hydrogens (tertiary/aromatic N) is 2. The summed E-state index contributed by atoms with van der Waals surface area (Å²) in [5, 5.41) is 3.77. The van der Waals surface area contributed by atoms with Gasteiger partial charge in [0.2, 0.25) is 0 Å². The van der Waals surface area contributed by atoms with Gasteiger partial charge in [-0.25, -0.2) is 4.39 Å². The maximum atomic E-state index is 13.0. The highest BCUT2D eigenvalue weighted by atomic mass is 19.1. The van der Waals surface area contributed by atoms with E-state index in [1.54, 1.807) is 24.5 Å². The number of aromatic nitrogens is 1. The molecule has 1 saturated carbocycles. The Bertz CT molecular complexity index is 1030. The van der Waals surface area contributed by atoms with E-state index < -0.39 is 0 Å². The fourth-order valence-corrected chi connectivity index (χ4v) is 4.45. The first-order valence-electron chi connectivity index (χ1n) is 9.77. The summed E-state index contributed by atoms with van der Waals surface area (Å²) < 4.78 is 18.5. The lowest BCUT2D eigenvalue weighted by molar-refractivity contribution is 0.0767. The summed E-state index contributed by atoms with van der Waals surface area (Å²) in [6.45, 7) is 2.05. The zero-order chi connectivity index (χ0) is 20.0. The number of piperidine rings is 1. The van der Waals surface area contributed by atoms with E-state index in [1.807, 2.05) is 4.90 Å². The zero-order valence-corrected chi connectivity index (χ0v) is 15.7. The van der Waals surface area contributed by atoms with Crippen LogP contribution in [-0.4, -0.2) is 41.3 Å². The first-order valence-corrected chi connectivity index (χ1v) is 9.77. The summed E-state index contributed by atoms with van der Waals surface area (Å²) >= 11 is 0. The third-order valence-electron chi connectivity index (χ3n) is 6.06. The van der Waals surface area contributed by atoms with Gasteiger partial charge in [0.05, 0.1) is 6.20 Å². The van der Waals surface area contributed by atoms with Crippen LogP contribution in [0.15, 0.2) is 53.2 Å². The summed E-state index contributed by atoms with van der Waals surface area (Å²) in [5.41, 5.74) is 1.12. The van der Waals surface area contributed by atoms with Crippen molar-refractivity contribution in [3.05, 3.63) is 65.9 Å². The van der Waals surface area contributed by atoms with Crippen LogP contribution in [0.25, 0.3) is 11.0 Å². The number of benzene rings is 1. The van der Waals surface area contributed by atoms with E-state index >= 15 is 0 Å². The van der Waals surface area contributed by atoms with Crippen LogP contribution in [-0.2, 0) is 0 Å². The number of halogens is 1. The molecule has 5 rings (SSSR count). The van der Waals surface area contributed by atoms with E-state index in [2.05, 4.69) is 10.3 Å². The topological polar surface area (TPSA) is 75.4 Å². The first kappa shape index (κ1) is 17.8. The Labute approximate surface area is 166 Å². The molecule has 3 atom stereocenters. The number of likely N-dealkylation sites (tertiary alicyclic amines) is 1. The van der Waals surface area contributed by atoms with E-state index in [9.17, 15) is 14.0 Å². The van der Waals surface area contributed by atoms with Crippen molar-refractivity contribution < 1.29 is 18.4 Å². The number of amides is 2. The average Bonchev–Trinajstić information content (AvgIpc) is 3.10. The standard InChI is InChI=1S/C22H20FN3O3/c23-15-3-1-13(2-4-15)22(28)26-11-17-16(18(17)12-26)6-8-25-21(27)19-9-14-5-7-24-10-20(14)29-19/h1-5,7,9-10,16-18H,6,8,11-12H2,(H,25,27)/t16?,17-,18?/m1/s1. The number of rotatable bonds is 5. The lowest BCUT2D eigenvalue weighted by atomic mass is 10.1. The molecule has 6 nitrogen and oxygen atoms in total. The molecule has 148 valence electrons. The Morgan fingerprint density at radius 3 is 2.66 bits per heavy atom. The minimum Gasteiger partial charge on any atom is -0.449 e. The molecule has 1 aromatic carbocycles. The number of furan rings is 1. The summed E-state index contributed by atoms with van der Waals surface area (Å²) in [6.07, 6.45) is 4.15. The van der Waals surface area contributed by atoms with Crippen molar-refractivity contribution in [3.63, 3.8) is 0 Å². The molecule has 1 aliphatic heterocycles. The predicted octanol–water partition coefficient (Wildman–Crippen LogP) is 3.11. The van der Waals surface area contributed by atoms with Gasteiger partial charge < -0.3 is 14.6 Å². The maximum absolute atomic E-state index is 13.0. The van der Waals surface area contributed by atoms with Crippen LogP contribution in [0.5, 0.6) is 0 Å². The second kappa shape index (κ2) is 6.99. The smallest absolute Gasteiger partial charge is 0.287 e. The summed E-state index contributed by atoms with van der Waals surface area (Å²) in [5.74, 6) is 1.21. The molecule has 2 unspecified atom stereocenters. The normalized spacial score (nSPS) is 22.5. The fourth-order valence-electron chi connectivity index (χ4n) is 4.45. The van der Waals surface area contributed by atoms with E-state index in [-0.39, 0.29) is 17.6 Å². The molecule has 1 aliphatic carbocycles. The van der Waals surface area contributed by atoms with Crippen molar-refractivity contribution in [1.29, 1.82) is 0 Å². The monoisotopic (exact) mass is 393 g/mol. The van der Waals surface area contributed by atoms with Gasteiger partial charge in [-0.1, -0.05) is 0 Å². The van der Waals surface area contributed by atoms with E-state index in [0.717, 1.165) is 24.9 Å². The molecule has 0 bridgehead atoms. The van der Waals surface area contributed by atoms with Gasteiger partial charge in [-0.3, -0.25) is 14.6 Å². The molecule has 3 heterocycles. The number of hydrogen-bond donors (Lipinski definition) is 1. The average molecular weight is 393 g/mol. The SMILES string of the molecule is O=C(NCCC1C2CN(C(=O)c3ccc(F)cc3)C[C@H]12)c1cc2ccncc2o1. The Morgan fingerprint density at radius 1 is 1.17 bits per heavy atom. The lowest BCUT2D eigenvalue weighted by Gasteiger charge is -2.20. The van der Waals surface area contributed by atoms with Gasteiger partial charge in [0, 0.05) is 36.8 Å². The van der Waals surface area contributed by atoms with Crippen LogP contribution in [0.3, 0.4) is 0 Å². The Morgan fingerprint density at radius 2 is 1.93 bits per heavy atom. The third-order valence-corrected chi connectivity index (χ3v) is 6.06. The molecular weight excluding hydrogens is 373 g/mol. The molecule has 3 aromatic rings. The molecular formula is C22H20FN3O3. The van der Waals surface area contributed by atoms with Gasteiger partial charge in [-0.05, 0) is 60.6 Å². The molecule has 2 aliphatic rings. The summed E-state index contributed by atoms with van der Waals surface area (Å²) in [4.78, 5) is 30.6. The van der Waals surface area contributed by atoms with Gasteiger partial charge in [0.25, 0.3) is 11.8 Å². The molecule has 7 heteroatoms. The van der Waals surface area contributed by atoms with Gasteiger partial charge in [0.1, 0.15) is 5.82 Å². The number of nitrogens with one attached hydrogen (secondary N) is 1. The Kier molecular flexibility index (Phi) is 4.30. The summed E-state index contributed by atoms with van der Waals surface area (Å²) in [7, 11) is 0. The van der Waals surface area contributed by atoms with Crippen molar-refractivity contribution in [1.82, 2.24) is 15.2 Å². The fraction of sp³-hybridized carbons (Fsp3) is 0.318. The molecule has 2 aromatic heterocycles. The molecule has 2 fully saturated rings. The number of carbonyl (C=O) groups excluding carboxylic acids is 2. The largest absolute Gasteiger partial charge is 0.449 e. The summed E-state index contributed by atoms with van der Waals surface area (Å²) in [6, 6.07) is 9.21. The van der Waals surface area contributed by atoms with Crippen LogP contribution in [0.1, 0.15) is 27.3 Å². The first-order chi connectivity index (χ1) is 14.1. The van der Waals surface area contributed by atoms with Crippen molar-refractivity contribution in [2.75, 3.05) is 19.6 Å². The number of fused-ring (bicyclic) bond motifs is 2. The molecule has 0 spiro atoms. The zero-order valence-electron chi connectivity index (χ0n) is 15.7. The number of carbonyl (C=O) groups is 2. The second-order valence-corrected chi connectivity index (χ2v) is 7.78. The highest BCUT2D eigenvalue weighted by Crippen LogP contribution is 2.53. The van der Waals surface area contributed by atoms with Crippen LogP contribution in [0.4, 0.5) is 4.39 Å². The highest BCUT2D eigenvalue weighted by molar-refractivity contribution is 5.96. The van der Waals surface area contributed by atoms with E-state index in [0.29, 0.717) is 41.2 Å². The highest BCUT2D eigenvalue weighted by Gasteiger charge is 2.55. The second-order valence-electron chi connectivity index (χ2n) is 7.78. The van der Waals surface area contributed by atoms with Crippen LogP contribution in [0, 0.1) is 23.6 Å². The minimum atomic E-state index is -0.341. The number of hydrogen-bond acceptors (Lipinski definition) is 4. The quantitative estimate of drug-likeness (QED) is 0.723. The van der Waals surface area contributed by atoms with Gasteiger partial charge >= 0.3 is 0 Å². The van der Waals surface area contributed by atoms with E-state index in [1.165, 1.54) is 24.3 Å². The van der Waals surface area contributed by atoms with Crippen molar-refractivity contribution in [3.8, 4) is 0 Å². The minimum absolute atomic E-state index is 0.0383. The Balaban J connectivity index is 1.09. The van der Waals surface area contributed by atoms with Crippen molar-refractivity contribution >= 4 is 22.8 Å². The molecule has 1 N–H and O–H groups in total. The van der Waals surface area contributed by atoms with Gasteiger partial charge in [-0.2, -0.15) is 0 Å². The van der Waals surface area contributed by atoms with Gasteiger partial charge in [0.15, 0.2) is 11.3 Å². The molecule has 0 radical (unpaired) electrons. The lowest BCUT2D eigenvalue weighted by Crippen LogP contribution is -2.32. The maximum Gasteiger partial charge on any atom is 0.287 e. The predicted molar refractivity (Wildman–Crippen MR) is 104 cm³/mol. The molecule has 1 saturated heterocycles. The van der Waals surface area contributed by atoms with Gasteiger partial charge in [-0.15, -0.1) is 0 Å². The van der Waals surface area contributed by atoms with Crippen molar-refractivity contribution in [2.45, 2.75) is 6.42 Å². The van der Waals surface area contributed by atoms with Crippen LogP contribution < -0.4 is 5.32 Å². The van der Waals surface area contributed by atoms with Crippen LogP contribution >= 0.6 is 0 Å².